The molecule has 3 N–H and O–H groups in total. The van der Waals surface area contributed by atoms with Crippen molar-refractivity contribution in [1.29, 1.82) is 5.26 Å². The number of nitrogen functional groups attached to an aromatic ring is 1. The van der Waals surface area contributed by atoms with Crippen molar-refractivity contribution in [2.75, 3.05) is 5.73 Å². The van der Waals surface area contributed by atoms with Gasteiger partial charge in [0.2, 0.25) is 0 Å². The Kier molecular flexibility index (Phi) is 3.59. The van der Waals surface area contributed by atoms with Crippen LogP contribution in [-0.2, 0) is 0 Å². The van der Waals surface area contributed by atoms with Crippen molar-refractivity contribution in [1.82, 2.24) is 15.0 Å². The summed E-state index contributed by atoms with van der Waals surface area (Å²) in [6.07, 6.45) is 2.63. The molecule has 0 saturated heterocycles. The van der Waals surface area contributed by atoms with Gasteiger partial charge in [-0.3, -0.25) is 0 Å². The number of benzene rings is 1. The molecule has 0 aliphatic rings. The Hall–Kier alpha value is -3.79. The quantitative estimate of drug-likeness (QED) is 0.573. The first kappa shape index (κ1) is 15.7. The van der Waals surface area contributed by atoms with Crippen molar-refractivity contribution < 1.29 is 8.78 Å². The minimum Gasteiger partial charge on any atom is -0.381 e. The number of nitrogens with one attached hydrogen (secondary N) is 1. The summed E-state index contributed by atoms with van der Waals surface area (Å²) in [4.78, 5) is 10.9. The first-order chi connectivity index (χ1) is 12.6. The number of halogens is 2. The van der Waals surface area contributed by atoms with Crippen LogP contribution >= 0.6 is 0 Å². The molecule has 3 heterocycles. The number of aromatic nitrogens is 3. The predicted octanol–water partition coefficient (Wildman–Crippen LogP) is 4.02. The zero-order chi connectivity index (χ0) is 18.3. The topological polar surface area (TPSA) is 91.4 Å². The minimum atomic E-state index is -0.763. The van der Waals surface area contributed by atoms with E-state index < -0.39 is 11.6 Å². The summed E-state index contributed by atoms with van der Waals surface area (Å²) in [5.74, 6) is -1.63. The molecule has 0 bridgehead atoms. The van der Waals surface area contributed by atoms with Crippen molar-refractivity contribution in [2.45, 2.75) is 0 Å². The molecular formula is C19H11F2N5. The molecule has 0 spiro atoms. The Morgan fingerprint density at radius 2 is 1.92 bits per heavy atom. The van der Waals surface area contributed by atoms with E-state index in [-0.39, 0.29) is 22.6 Å². The van der Waals surface area contributed by atoms with Gasteiger partial charge in [-0.25, -0.2) is 18.7 Å². The molecule has 4 aromatic rings. The van der Waals surface area contributed by atoms with E-state index in [1.807, 2.05) is 6.07 Å². The largest absolute Gasteiger partial charge is 0.381 e. The van der Waals surface area contributed by atoms with Gasteiger partial charge in [-0.2, -0.15) is 5.26 Å². The molecule has 26 heavy (non-hydrogen) atoms. The smallest absolute Gasteiger partial charge is 0.174 e. The molecule has 0 aliphatic heterocycles. The molecule has 0 atom stereocenters. The zero-order valence-electron chi connectivity index (χ0n) is 13.3. The molecule has 0 aliphatic carbocycles. The normalized spacial score (nSPS) is 10.8. The molecule has 3 aromatic heterocycles. The molecule has 4 rings (SSSR count). The van der Waals surface area contributed by atoms with Gasteiger partial charge in [0.25, 0.3) is 0 Å². The first-order valence-corrected chi connectivity index (χ1v) is 7.67. The molecular weight excluding hydrogens is 336 g/mol. The van der Waals surface area contributed by atoms with Crippen LogP contribution in [0.1, 0.15) is 5.56 Å². The molecule has 0 amide bonds. The van der Waals surface area contributed by atoms with Gasteiger partial charge in [-0.1, -0.05) is 30.3 Å². The minimum absolute atomic E-state index is 0.0214. The highest BCUT2D eigenvalue weighted by molar-refractivity contribution is 5.96. The number of nitrogens with zero attached hydrogens (tertiary/aromatic N) is 3. The van der Waals surface area contributed by atoms with Crippen LogP contribution in [0.5, 0.6) is 0 Å². The number of rotatable bonds is 2. The number of fused-ring (bicyclic) bond motifs is 1. The number of H-pyrrole nitrogens is 1. The average Bonchev–Trinajstić information content (AvgIpc) is 3.07. The van der Waals surface area contributed by atoms with Gasteiger partial charge >= 0.3 is 0 Å². The summed E-state index contributed by atoms with van der Waals surface area (Å²) in [5.41, 5.74) is 7.37. The van der Waals surface area contributed by atoms with E-state index in [9.17, 15) is 14.0 Å². The number of nitriles is 1. The Morgan fingerprint density at radius 3 is 2.65 bits per heavy atom. The molecule has 7 heteroatoms. The van der Waals surface area contributed by atoms with Gasteiger partial charge in [0.05, 0.1) is 17.5 Å². The van der Waals surface area contributed by atoms with E-state index in [1.165, 1.54) is 6.07 Å². The second-order valence-corrected chi connectivity index (χ2v) is 5.64. The fourth-order valence-corrected chi connectivity index (χ4v) is 2.94. The highest BCUT2D eigenvalue weighted by atomic mass is 19.1. The van der Waals surface area contributed by atoms with Crippen LogP contribution in [0, 0.1) is 23.0 Å². The maximum atomic E-state index is 14.7. The van der Waals surface area contributed by atoms with E-state index in [0.29, 0.717) is 22.2 Å². The van der Waals surface area contributed by atoms with Crippen molar-refractivity contribution in [3.8, 4) is 28.5 Å². The summed E-state index contributed by atoms with van der Waals surface area (Å²) < 4.78 is 28.3. The van der Waals surface area contributed by atoms with E-state index >= 15 is 0 Å². The van der Waals surface area contributed by atoms with Gasteiger partial charge in [0.15, 0.2) is 11.6 Å². The zero-order valence-corrected chi connectivity index (χ0v) is 13.3. The lowest BCUT2D eigenvalue weighted by molar-refractivity contribution is 0.624. The molecule has 0 fully saturated rings. The van der Waals surface area contributed by atoms with E-state index in [1.54, 1.807) is 36.5 Å². The molecule has 1 aromatic carbocycles. The predicted molar refractivity (Wildman–Crippen MR) is 93.8 cm³/mol. The van der Waals surface area contributed by atoms with Crippen LogP contribution in [0.4, 0.5) is 14.6 Å². The third-order valence-corrected chi connectivity index (χ3v) is 4.09. The Labute approximate surface area is 146 Å². The number of pyridine rings is 2. The third kappa shape index (κ3) is 2.36. The number of hydrogen-bond acceptors (Lipinski definition) is 4. The first-order valence-electron chi connectivity index (χ1n) is 7.67. The lowest BCUT2D eigenvalue weighted by Crippen LogP contribution is -2.03. The lowest BCUT2D eigenvalue weighted by Gasteiger charge is -2.12. The standard InChI is InChI=1S/C19H11F2N5/c20-11-6-12-14(9-25-19(12)24-8-11)17-13(7-22)15(16(21)18(23)26-17)10-4-2-1-3-5-10/h1-6,8-9H,(H2,23,26)(H,24,25). The SMILES string of the molecule is N#Cc1c(-c2c[nH]c3ncc(F)cc23)nc(N)c(F)c1-c1ccccc1. The fourth-order valence-electron chi connectivity index (χ4n) is 2.94. The number of hydrogen-bond donors (Lipinski definition) is 2. The second-order valence-electron chi connectivity index (χ2n) is 5.64. The molecule has 126 valence electrons. The Morgan fingerprint density at radius 1 is 1.15 bits per heavy atom. The summed E-state index contributed by atoms with van der Waals surface area (Å²) in [6, 6.07) is 11.9. The highest BCUT2D eigenvalue weighted by Gasteiger charge is 2.23. The van der Waals surface area contributed by atoms with Crippen molar-refractivity contribution >= 4 is 16.9 Å². The molecule has 0 saturated carbocycles. The summed E-state index contributed by atoms with van der Waals surface area (Å²) in [6.45, 7) is 0. The summed E-state index contributed by atoms with van der Waals surface area (Å²) >= 11 is 0. The van der Waals surface area contributed by atoms with Gasteiger partial charge in [0.1, 0.15) is 17.5 Å². The van der Waals surface area contributed by atoms with E-state index in [0.717, 1.165) is 6.20 Å². The second kappa shape index (κ2) is 5.93. The Bertz CT molecular complexity index is 1180. The van der Waals surface area contributed by atoms with Gasteiger partial charge in [-0.15, -0.1) is 0 Å². The van der Waals surface area contributed by atoms with Gasteiger partial charge < -0.3 is 10.7 Å². The third-order valence-electron chi connectivity index (χ3n) is 4.09. The molecule has 5 nitrogen and oxygen atoms in total. The van der Waals surface area contributed by atoms with E-state index in [4.69, 9.17) is 5.73 Å². The van der Waals surface area contributed by atoms with Gasteiger partial charge in [0, 0.05) is 22.7 Å². The number of aromatic amines is 1. The van der Waals surface area contributed by atoms with Crippen LogP contribution in [0.15, 0.2) is 48.8 Å². The Balaban J connectivity index is 2.08. The van der Waals surface area contributed by atoms with Crippen LogP contribution in [-0.4, -0.2) is 15.0 Å². The lowest BCUT2D eigenvalue weighted by atomic mass is 9.96. The monoisotopic (exact) mass is 347 g/mol. The van der Waals surface area contributed by atoms with Crippen molar-refractivity contribution in [3.63, 3.8) is 0 Å². The van der Waals surface area contributed by atoms with Gasteiger partial charge in [-0.05, 0) is 11.6 Å². The van der Waals surface area contributed by atoms with Crippen molar-refractivity contribution in [3.05, 3.63) is 66.0 Å². The van der Waals surface area contributed by atoms with Crippen molar-refractivity contribution in [2.24, 2.45) is 0 Å². The van der Waals surface area contributed by atoms with Crippen LogP contribution in [0.2, 0.25) is 0 Å². The molecule has 0 unspecified atom stereocenters. The van der Waals surface area contributed by atoms with Crippen LogP contribution < -0.4 is 5.73 Å². The number of nitrogens with two attached hydrogens (primary N) is 1. The van der Waals surface area contributed by atoms with E-state index in [2.05, 4.69) is 15.0 Å². The van der Waals surface area contributed by atoms with Crippen LogP contribution in [0.25, 0.3) is 33.4 Å². The summed E-state index contributed by atoms with van der Waals surface area (Å²) in [5, 5.41) is 10.1. The maximum absolute atomic E-state index is 14.7. The average molecular weight is 347 g/mol. The number of anilines is 1. The molecule has 0 radical (unpaired) electrons. The highest BCUT2D eigenvalue weighted by Crippen LogP contribution is 2.37. The maximum Gasteiger partial charge on any atom is 0.174 e. The fraction of sp³-hybridized carbons (Fsp3) is 0. The summed E-state index contributed by atoms with van der Waals surface area (Å²) in [7, 11) is 0. The van der Waals surface area contributed by atoms with Crippen LogP contribution in [0.3, 0.4) is 0 Å².